The predicted molar refractivity (Wildman–Crippen MR) is 158 cm³/mol. The maximum atomic E-state index is 2.57. The molecule has 2 aromatic rings. The van der Waals surface area contributed by atoms with Crippen molar-refractivity contribution in [3.63, 3.8) is 0 Å². The van der Waals surface area contributed by atoms with Gasteiger partial charge in [-0.1, -0.05) is 153 Å². The second kappa shape index (κ2) is 21.5. The van der Waals surface area contributed by atoms with Gasteiger partial charge in [-0.25, -0.2) is 9.13 Å². The predicted octanol–water partition coefficient (Wildman–Crippen LogP) is 10.2. The first-order chi connectivity index (χ1) is 17.8. The molecule has 1 aromatic heterocycles. The topological polar surface area (TPSA) is 8.81 Å². The van der Waals surface area contributed by atoms with Crippen molar-refractivity contribution in [2.24, 2.45) is 0 Å². The average molecular weight is 496 g/mol. The van der Waals surface area contributed by atoms with Crippen LogP contribution < -0.4 is 4.57 Å². The maximum Gasteiger partial charge on any atom is 0.256 e. The summed E-state index contributed by atoms with van der Waals surface area (Å²) in [6.07, 6.45) is 34.1. The standard InChI is InChI=1S/C34H59N2/c1-3-5-7-9-11-13-14-15-16-17-19-24-28-34-35(29-25-20-18-12-10-8-6-4-2)30-31-36(34)32-33-26-22-21-23-27-33/h21-23,26-27,30-31H,3-20,24-25,28-29,32H2,1-2H3/q+1. The number of benzene rings is 1. The zero-order chi connectivity index (χ0) is 25.5. The second-order valence-electron chi connectivity index (χ2n) is 11.1. The van der Waals surface area contributed by atoms with Crippen LogP contribution in [0.15, 0.2) is 42.7 Å². The average Bonchev–Trinajstić information content (AvgIpc) is 3.27. The molecule has 36 heavy (non-hydrogen) atoms. The lowest BCUT2D eigenvalue weighted by atomic mass is 10.0. The lowest BCUT2D eigenvalue weighted by molar-refractivity contribution is -0.704. The Morgan fingerprint density at radius 3 is 1.56 bits per heavy atom. The molecule has 0 aliphatic heterocycles. The Hall–Kier alpha value is -1.57. The molecule has 0 saturated heterocycles. The molecule has 0 fully saturated rings. The number of rotatable bonds is 24. The van der Waals surface area contributed by atoms with Crippen LogP contribution in [0.4, 0.5) is 0 Å². The highest BCUT2D eigenvalue weighted by Gasteiger charge is 2.17. The van der Waals surface area contributed by atoms with Crippen molar-refractivity contribution in [1.82, 2.24) is 4.57 Å². The van der Waals surface area contributed by atoms with Gasteiger partial charge in [0.2, 0.25) is 0 Å². The Labute approximate surface area is 224 Å². The third kappa shape index (κ3) is 14.2. The van der Waals surface area contributed by atoms with Crippen LogP contribution in [-0.4, -0.2) is 4.57 Å². The van der Waals surface area contributed by atoms with Gasteiger partial charge in [0.05, 0.1) is 6.54 Å². The van der Waals surface area contributed by atoms with E-state index in [0.29, 0.717) is 0 Å². The van der Waals surface area contributed by atoms with Crippen molar-refractivity contribution in [2.75, 3.05) is 0 Å². The number of hydrogen-bond acceptors (Lipinski definition) is 0. The van der Waals surface area contributed by atoms with E-state index in [1.54, 1.807) is 0 Å². The zero-order valence-corrected chi connectivity index (χ0v) is 24.2. The Kier molecular flexibility index (Phi) is 18.3. The van der Waals surface area contributed by atoms with Crippen molar-refractivity contribution < 1.29 is 4.57 Å². The van der Waals surface area contributed by atoms with Gasteiger partial charge >= 0.3 is 0 Å². The summed E-state index contributed by atoms with van der Waals surface area (Å²) in [7, 11) is 0. The minimum atomic E-state index is 0.999. The largest absolute Gasteiger partial charge is 0.256 e. The molecular formula is C34H59N2+. The number of aromatic nitrogens is 2. The lowest BCUT2D eigenvalue weighted by Gasteiger charge is -2.07. The first kappa shape index (κ1) is 30.7. The van der Waals surface area contributed by atoms with Gasteiger partial charge in [-0.2, -0.15) is 0 Å². The van der Waals surface area contributed by atoms with Crippen molar-refractivity contribution in [3.05, 3.63) is 54.1 Å². The fourth-order valence-electron chi connectivity index (χ4n) is 5.45. The van der Waals surface area contributed by atoms with Gasteiger partial charge in [-0.3, -0.25) is 0 Å². The van der Waals surface area contributed by atoms with Crippen LogP contribution in [0, 0.1) is 0 Å². The summed E-state index contributed by atoms with van der Waals surface area (Å²) in [6, 6.07) is 11.0. The van der Waals surface area contributed by atoms with Crippen molar-refractivity contribution in [1.29, 1.82) is 0 Å². The third-order valence-corrected chi connectivity index (χ3v) is 7.79. The molecule has 0 atom stereocenters. The molecule has 0 saturated carbocycles. The molecule has 0 aliphatic carbocycles. The monoisotopic (exact) mass is 495 g/mol. The normalized spacial score (nSPS) is 11.4. The van der Waals surface area contributed by atoms with Crippen LogP contribution in [0.3, 0.4) is 0 Å². The number of unbranched alkanes of at least 4 members (excludes halogenated alkanes) is 18. The number of hydrogen-bond donors (Lipinski definition) is 0. The Morgan fingerprint density at radius 1 is 0.556 bits per heavy atom. The van der Waals surface area contributed by atoms with Crippen LogP contribution in [0.2, 0.25) is 0 Å². The summed E-state index contributed by atoms with van der Waals surface area (Å²) in [5, 5.41) is 0. The summed E-state index contributed by atoms with van der Waals surface area (Å²) in [5.41, 5.74) is 1.41. The molecule has 0 amide bonds. The van der Waals surface area contributed by atoms with Crippen LogP contribution in [0.5, 0.6) is 0 Å². The van der Waals surface area contributed by atoms with E-state index in [2.05, 4.69) is 65.7 Å². The molecule has 2 nitrogen and oxygen atoms in total. The molecular weight excluding hydrogens is 436 g/mol. The molecule has 2 heteroatoms. The fourth-order valence-corrected chi connectivity index (χ4v) is 5.45. The SMILES string of the molecule is CCCCCCCCCCCCCCc1n(Cc2ccccc2)cc[n+]1CCCCCCCCCC. The highest BCUT2D eigenvalue weighted by molar-refractivity contribution is 5.15. The van der Waals surface area contributed by atoms with E-state index in [4.69, 9.17) is 0 Å². The summed E-state index contributed by atoms with van der Waals surface area (Å²) < 4.78 is 5.08. The van der Waals surface area contributed by atoms with E-state index in [1.165, 1.54) is 153 Å². The minimum absolute atomic E-state index is 0.999. The smallest absolute Gasteiger partial charge is 0.234 e. The molecule has 1 heterocycles. The highest BCUT2D eigenvalue weighted by Crippen LogP contribution is 2.14. The fraction of sp³-hybridized carbons (Fsp3) is 0.735. The maximum absolute atomic E-state index is 2.57. The molecule has 0 unspecified atom stereocenters. The van der Waals surface area contributed by atoms with Crippen LogP contribution >= 0.6 is 0 Å². The first-order valence-corrected chi connectivity index (χ1v) is 16.0. The molecule has 0 aliphatic rings. The van der Waals surface area contributed by atoms with E-state index in [9.17, 15) is 0 Å². The second-order valence-corrected chi connectivity index (χ2v) is 11.1. The van der Waals surface area contributed by atoms with Crippen LogP contribution in [0.1, 0.15) is 154 Å². The van der Waals surface area contributed by atoms with Crippen LogP contribution in [-0.2, 0) is 19.5 Å². The van der Waals surface area contributed by atoms with Gasteiger partial charge in [0.25, 0.3) is 5.82 Å². The molecule has 0 N–H and O–H groups in total. The van der Waals surface area contributed by atoms with Gasteiger partial charge in [-0.15, -0.1) is 0 Å². The molecule has 0 spiro atoms. The van der Waals surface area contributed by atoms with Crippen LogP contribution in [0.25, 0.3) is 0 Å². The van der Waals surface area contributed by atoms with E-state index in [1.807, 2.05) is 0 Å². The molecule has 204 valence electrons. The number of imidazole rings is 1. The summed E-state index contributed by atoms with van der Waals surface area (Å²) in [5.74, 6) is 1.54. The number of aryl methyl sites for hydroxylation is 1. The van der Waals surface area contributed by atoms with E-state index in [-0.39, 0.29) is 0 Å². The minimum Gasteiger partial charge on any atom is -0.234 e. The van der Waals surface area contributed by atoms with E-state index < -0.39 is 0 Å². The van der Waals surface area contributed by atoms with Crippen molar-refractivity contribution >= 4 is 0 Å². The molecule has 1 aromatic carbocycles. The van der Waals surface area contributed by atoms with Gasteiger partial charge in [0, 0.05) is 6.42 Å². The summed E-state index contributed by atoms with van der Waals surface area (Å²) >= 11 is 0. The van der Waals surface area contributed by atoms with Crippen molar-refractivity contribution in [3.8, 4) is 0 Å². The highest BCUT2D eigenvalue weighted by atomic mass is 15.1. The first-order valence-electron chi connectivity index (χ1n) is 16.0. The van der Waals surface area contributed by atoms with E-state index in [0.717, 1.165) is 6.54 Å². The van der Waals surface area contributed by atoms with Gasteiger partial charge < -0.3 is 0 Å². The van der Waals surface area contributed by atoms with Crippen molar-refractivity contribution in [2.45, 2.75) is 162 Å². The molecule has 0 bridgehead atoms. The van der Waals surface area contributed by atoms with Gasteiger partial charge in [0.1, 0.15) is 18.9 Å². The van der Waals surface area contributed by atoms with Gasteiger partial charge in [-0.05, 0) is 24.8 Å². The van der Waals surface area contributed by atoms with E-state index >= 15 is 0 Å². The molecule has 0 radical (unpaired) electrons. The Morgan fingerprint density at radius 2 is 1.03 bits per heavy atom. The Bertz CT molecular complexity index is 733. The summed E-state index contributed by atoms with van der Waals surface area (Å²) in [6.45, 7) is 6.79. The lowest BCUT2D eigenvalue weighted by Crippen LogP contribution is -2.37. The quantitative estimate of drug-likeness (QED) is 0.101. The summed E-state index contributed by atoms with van der Waals surface area (Å²) in [4.78, 5) is 0. The van der Waals surface area contributed by atoms with Gasteiger partial charge in [0.15, 0.2) is 0 Å². The Balaban J connectivity index is 1.69. The molecule has 2 rings (SSSR count). The zero-order valence-electron chi connectivity index (χ0n) is 24.2. The number of nitrogens with zero attached hydrogens (tertiary/aromatic N) is 2. The third-order valence-electron chi connectivity index (χ3n) is 7.79.